The number of methoxy groups -OCH3 is 1. The van der Waals surface area contributed by atoms with E-state index < -0.39 is 11.5 Å². The number of ether oxygens (including phenoxy) is 2. The molecule has 0 bridgehead atoms. The lowest BCUT2D eigenvalue weighted by Gasteiger charge is -2.35. The highest BCUT2D eigenvalue weighted by atomic mass is 16.5. The summed E-state index contributed by atoms with van der Waals surface area (Å²) >= 11 is 0. The quantitative estimate of drug-likeness (QED) is 0.796. The molecule has 1 aromatic carbocycles. The highest BCUT2D eigenvalue weighted by Gasteiger charge is 2.54. The van der Waals surface area contributed by atoms with Gasteiger partial charge in [-0.2, -0.15) is 0 Å². The number of amides is 1. The summed E-state index contributed by atoms with van der Waals surface area (Å²) in [6.07, 6.45) is 3.85. The topological polar surface area (TPSA) is 59.0 Å². The highest BCUT2D eigenvalue weighted by molar-refractivity contribution is 5.81. The van der Waals surface area contributed by atoms with E-state index in [2.05, 4.69) is 0 Å². The minimum Gasteiger partial charge on any atom is -0.493 e. The van der Waals surface area contributed by atoms with E-state index in [1.807, 2.05) is 25.3 Å². The molecule has 0 unspecified atom stereocenters. The summed E-state index contributed by atoms with van der Waals surface area (Å²) in [6.45, 7) is 0.569. The molecule has 0 saturated heterocycles. The predicted molar refractivity (Wildman–Crippen MR) is 79.9 cm³/mol. The van der Waals surface area contributed by atoms with Crippen LogP contribution in [0, 0.1) is 0 Å². The van der Waals surface area contributed by atoms with Gasteiger partial charge in [0.25, 0.3) is 0 Å². The van der Waals surface area contributed by atoms with Crippen molar-refractivity contribution < 1.29 is 19.4 Å². The van der Waals surface area contributed by atoms with Crippen molar-refractivity contribution in [3.63, 3.8) is 0 Å². The van der Waals surface area contributed by atoms with Crippen LogP contribution in [-0.4, -0.2) is 42.3 Å². The second-order valence-corrected chi connectivity index (χ2v) is 6.37. The van der Waals surface area contributed by atoms with Crippen molar-refractivity contribution in [3.8, 4) is 11.5 Å². The van der Waals surface area contributed by atoms with Gasteiger partial charge in [0.1, 0.15) is 6.10 Å². The molecule has 5 nitrogen and oxygen atoms in total. The molecule has 3 atom stereocenters. The van der Waals surface area contributed by atoms with Crippen LogP contribution in [0.3, 0.4) is 0 Å². The minimum absolute atomic E-state index is 0.0951. The molecule has 0 aromatic heterocycles. The van der Waals surface area contributed by atoms with E-state index in [1.54, 1.807) is 18.1 Å². The van der Waals surface area contributed by atoms with Crippen molar-refractivity contribution in [2.24, 2.45) is 0 Å². The zero-order valence-corrected chi connectivity index (χ0v) is 12.7. The van der Waals surface area contributed by atoms with Crippen molar-refractivity contribution in [1.29, 1.82) is 0 Å². The first-order valence-electron chi connectivity index (χ1n) is 7.53. The Morgan fingerprint density at radius 1 is 1.45 bits per heavy atom. The summed E-state index contributed by atoms with van der Waals surface area (Å²) in [7, 11) is 3.45. The molecule has 22 heavy (non-hydrogen) atoms. The van der Waals surface area contributed by atoms with Gasteiger partial charge in [0.15, 0.2) is 11.5 Å². The van der Waals surface area contributed by atoms with E-state index in [-0.39, 0.29) is 12.0 Å². The third-order valence-electron chi connectivity index (χ3n) is 5.08. The van der Waals surface area contributed by atoms with Gasteiger partial charge in [0, 0.05) is 32.0 Å². The molecular formula is C17H19NO4. The molecule has 2 aliphatic heterocycles. The Hall–Kier alpha value is -2.01. The fraction of sp³-hybridized carbons (Fsp3) is 0.471. The normalized spacial score (nSPS) is 32.1. The molecule has 1 aromatic rings. The van der Waals surface area contributed by atoms with Gasteiger partial charge < -0.3 is 19.5 Å². The zero-order chi connectivity index (χ0) is 15.5. The Bertz CT molecular complexity index is 683. The number of benzene rings is 1. The molecule has 4 rings (SSSR count). The standard InChI is InChI=1S/C17H19NO4/c1-18-9-10-3-4-12(21-2)16-15(10)17(8-14(18)20)6-5-11(19)7-13(17)22-16/h3-6,11,13,19H,7-9H2,1-2H3/t11-,13+,17+/m0/s1. The fourth-order valence-electron chi connectivity index (χ4n) is 3.95. The molecule has 2 heterocycles. The van der Waals surface area contributed by atoms with Crippen molar-refractivity contribution in [3.05, 3.63) is 35.4 Å². The van der Waals surface area contributed by atoms with Crippen LogP contribution in [0.2, 0.25) is 0 Å². The first kappa shape index (κ1) is 13.6. The fourth-order valence-corrected chi connectivity index (χ4v) is 3.95. The molecular weight excluding hydrogens is 282 g/mol. The number of hydrogen-bond donors (Lipinski definition) is 1. The van der Waals surface area contributed by atoms with Crippen LogP contribution in [0.1, 0.15) is 24.0 Å². The van der Waals surface area contributed by atoms with Crippen molar-refractivity contribution >= 4 is 5.91 Å². The summed E-state index contributed by atoms with van der Waals surface area (Å²) in [5, 5.41) is 9.95. The Morgan fingerprint density at radius 2 is 2.27 bits per heavy atom. The Morgan fingerprint density at radius 3 is 3.05 bits per heavy atom. The van der Waals surface area contributed by atoms with Gasteiger partial charge in [-0.25, -0.2) is 0 Å². The van der Waals surface area contributed by atoms with Crippen LogP contribution in [0.15, 0.2) is 24.3 Å². The number of aliphatic hydroxyl groups is 1. The summed E-state index contributed by atoms with van der Waals surface area (Å²) in [5.74, 6) is 1.51. The molecule has 0 saturated carbocycles. The number of nitrogens with zero attached hydrogens (tertiary/aromatic N) is 1. The summed E-state index contributed by atoms with van der Waals surface area (Å²) in [5.41, 5.74) is 1.66. The Balaban J connectivity index is 1.98. The molecule has 1 aliphatic carbocycles. The maximum Gasteiger partial charge on any atom is 0.223 e. The summed E-state index contributed by atoms with van der Waals surface area (Å²) < 4.78 is 11.6. The minimum atomic E-state index is -0.532. The monoisotopic (exact) mass is 301 g/mol. The second kappa shape index (κ2) is 4.49. The van der Waals surface area contributed by atoms with Crippen LogP contribution in [0.5, 0.6) is 11.5 Å². The Labute approximate surface area is 129 Å². The number of aliphatic hydroxyl groups excluding tert-OH is 1. The summed E-state index contributed by atoms with van der Waals surface area (Å²) in [4.78, 5) is 14.3. The molecule has 0 fully saturated rings. The highest BCUT2D eigenvalue weighted by Crippen LogP contribution is 2.55. The van der Waals surface area contributed by atoms with Crippen LogP contribution in [0.4, 0.5) is 0 Å². The third-order valence-corrected chi connectivity index (χ3v) is 5.08. The van der Waals surface area contributed by atoms with Crippen LogP contribution in [0.25, 0.3) is 0 Å². The first-order chi connectivity index (χ1) is 10.5. The first-order valence-corrected chi connectivity index (χ1v) is 7.53. The lowest BCUT2D eigenvalue weighted by molar-refractivity contribution is -0.131. The Kier molecular flexibility index (Phi) is 2.78. The number of carbonyl (C=O) groups excluding carboxylic acids is 1. The molecule has 116 valence electrons. The van der Waals surface area contributed by atoms with E-state index in [0.29, 0.717) is 25.1 Å². The van der Waals surface area contributed by atoms with Gasteiger partial charge in [0.05, 0.1) is 18.6 Å². The van der Waals surface area contributed by atoms with Gasteiger partial charge >= 0.3 is 0 Å². The van der Waals surface area contributed by atoms with Gasteiger partial charge in [0.2, 0.25) is 5.91 Å². The van der Waals surface area contributed by atoms with Crippen molar-refractivity contribution in [2.75, 3.05) is 14.2 Å². The number of hydrogen-bond acceptors (Lipinski definition) is 4. The van der Waals surface area contributed by atoms with E-state index in [9.17, 15) is 9.90 Å². The number of carbonyl (C=O) groups is 1. The molecule has 5 heteroatoms. The van der Waals surface area contributed by atoms with E-state index in [4.69, 9.17) is 9.47 Å². The molecule has 3 aliphatic rings. The molecule has 1 amide bonds. The molecule has 1 N–H and O–H groups in total. The largest absolute Gasteiger partial charge is 0.493 e. The maximum atomic E-state index is 12.5. The number of rotatable bonds is 1. The summed E-state index contributed by atoms with van der Waals surface area (Å²) in [6, 6.07) is 3.90. The maximum absolute atomic E-state index is 12.5. The smallest absolute Gasteiger partial charge is 0.223 e. The zero-order valence-electron chi connectivity index (χ0n) is 12.7. The lowest BCUT2D eigenvalue weighted by Crippen LogP contribution is -2.44. The third kappa shape index (κ3) is 1.66. The van der Waals surface area contributed by atoms with E-state index in [0.717, 1.165) is 16.9 Å². The van der Waals surface area contributed by atoms with Gasteiger partial charge in [-0.3, -0.25) is 4.79 Å². The van der Waals surface area contributed by atoms with Crippen molar-refractivity contribution in [1.82, 2.24) is 4.90 Å². The van der Waals surface area contributed by atoms with Gasteiger partial charge in [-0.05, 0) is 11.6 Å². The molecule has 1 spiro atoms. The van der Waals surface area contributed by atoms with Gasteiger partial charge in [-0.1, -0.05) is 18.2 Å². The van der Waals surface area contributed by atoms with Crippen molar-refractivity contribution in [2.45, 2.75) is 37.0 Å². The SMILES string of the molecule is COc1ccc2c3c1O[C@@H]1C[C@@H](O)C=C[C@]31CC(=O)N(C)C2. The van der Waals surface area contributed by atoms with Crippen LogP contribution in [-0.2, 0) is 16.8 Å². The average molecular weight is 301 g/mol. The van der Waals surface area contributed by atoms with E-state index in [1.165, 1.54) is 0 Å². The van der Waals surface area contributed by atoms with Crippen LogP contribution < -0.4 is 9.47 Å². The second-order valence-electron chi connectivity index (χ2n) is 6.37. The van der Waals surface area contributed by atoms with E-state index >= 15 is 0 Å². The molecule has 0 radical (unpaired) electrons. The van der Waals surface area contributed by atoms with Gasteiger partial charge in [-0.15, -0.1) is 0 Å². The lowest BCUT2D eigenvalue weighted by atomic mass is 9.69. The van der Waals surface area contributed by atoms with Crippen LogP contribution >= 0.6 is 0 Å². The average Bonchev–Trinajstić information content (AvgIpc) is 2.76. The predicted octanol–water partition coefficient (Wildman–Crippen LogP) is 1.38.